The molecule has 1 atom stereocenters. The summed E-state index contributed by atoms with van der Waals surface area (Å²) in [5.41, 5.74) is 1.81. The van der Waals surface area contributed by atoms with Crippen LogP contribution in [0.5, 0.6) is 5.75 Å². The van der Waals surface area contributed by atoms with Gasteiger partial charge in [-0.25, -0.2) is 4.98 Å². The molecule has 132 valence electrons. The number of hydrogen-bond acceptors (Lipinski definition) is 5. The minimum atomic E-state index is -0.205. The van der Waals surface area contributed by atoms with Gasteiger partial charge in [0.25, 0.3) is 5.56 Å². The Balaban J connectivity index is 1.57. The second kappa shape index (κ2) is 7.38. The Morgan fingerprint density at radius 3 is 3.04 bits per heavy atom. The van der Waals surface area contributed by atoms with E-state index in [0.29, 0.717) is 25.3 Å². The van der Waals surface area contributed by atoms with Crippen molar-refractivity contribution >= 4 is 11.7 Å². The lowest BCUT2D eigenvalue weighted by Gasteiger charge is -2.17. The number of carbonyl (C=O) groups excluding carboxylic acids is 1. The van der Waals surface area contributed by atoms with Crippen molar-refractivity contribution in [3.05, 3.63) is 52.1 Å². The van der Waals surface area contributed by atoms with Gasteiger partial charge in [-0.2, -0.15) is 0 Å². The lowest BCUT2D eigenvalue weighted by Crippen LogP contribution is -2.39. The van der Waals surface area contributed by atoms with Gasteiger partial charge in [0, 0.05) is 31.5 Å². The fraction of sp³-hybridized carbons (Fsp3) is 0.389. The summed E-state index contributed by atoms with van der Waals surface area (Å²) in [6, 6.07) is 5.72. The molecule has 1 fully saturated rings. The van der Waals surface area contributed by atoms with Crippen molar-refractivity contribution in [3.8, 4) is 5.75 Å². The normalized spacial score (nSPS) is 16.7. The molecule has 1 aliphatic rings. The summed E-state index contributed by atoms with van der Waals surface area (Å²) < 4.78 is 5.19. The van der Waals surface area contributed by atoms with Crippen molar-refractivity contribution in [2.75, 3.05) is 25.1 Å². The molecule has 1 saturated heterocycles. The number of nitrogens with one attached hydrogen (secondary N) is 2. The van der Waals surface area contributed by atoms with Crippen molar-refractivity contribution in [2.24, 2.45) is 0 Å². The molecule has 0 saturated carbocycles. The van der Waals surface area contributed by atoms with Crippen LogP contribution in [0.2, 0.25) is 0 Å². The van der Waals surface area contributed by atoms with Gasteiger partial charge in [0.2, 0.25) is 5.91 Å². The first-order valence-corrected chi connectivity index (χ1v) is 8.28. The highest BCUT2D eigenvalue weighted by atomic mass is 16.5. The van der Waals surface area contributed by atoms with Crippen molar-refractivity contribution in [1.29, 1.82) is 0 Å². The van der Waals surface area contributed by atoms with Crippen molar-refractivity contribution < 1.29 is 9.53 Å². The number of amides is 1. The third kappa shape index (κ3) is 3.99. The zero-order valence-corrected chi connectivity index (χ0v) is 14.4. The first-order valence-electron chi connectivity index (χ1n) is 8.28. The molecule has 0 aliphatic carbocycles. The number of anilines is 1. The zero-order valence-electron chi connectivity index (χ0n) is 14.4. The summed E-state index contributed by atoms with van der Waals surface area (Å²) in [7, 11) is 1.62. The van der Waals surface area contributed by atoms with Crippen molar-refractivity contribution in [3.63, 3.8) is 0 Å². The second-order valence-corrected chi connectivity index (χ2v) is 6.21. The maximum atomic E-state index is 12.3. The smallest absolute Gasteiger partial charge is 0.290 e. The molecule has 1 amide bonds. The Hall–Kier alpha value is -2.83. The first kappa shape index (κ1) is 17.0. The van der Waals surface area contributed by atoms with Crippen LogP contribution in [0.15, 0.2) is 35.4 Å². The Bertz CT molecular complexity index is 818. The molecule has 1 aliphatic heterocycles. The van der Waals surface area contributed by atoms with E-state index in [9.17, 15) is 9.59 Å². The molecule has 7 nitrogen and oxygen atoms in total. The number of carbonyl (C=O) groups is 1. The number of H-pyrrole nitrogens is 1. The summed E-state index contributed by atoms with van der Waals surface area (Å²) >= 11 is 0. The fourth-order valence-corrected chi connectivity index (χ4v) is 3.09. The van der Waals surface area contributed by atoms with Crippen LogP contribution in [-0.4, -0.2) is 42.1 Å². The number of aromatic nitrogens is 2. The third-order valence-electron chi connectivity index (χ3n) is 4.44. The Labute approximate surface area is 146 Å². The van der Waals surface area contributed by atoms with E-state index in [0.717, 1.165) is 23.3 Å². The summed E-state index contributed by atoms with van der Waals surface area (Å²) in [6.45, 7) is 3.26. The zero-order chi connectivity index (χ0) is 17.8. The highest BCUT2D eigenvalue weighted by Gasteiger charge is 2.26. The van der Waals surface area contributed by atoms with Crippen LogP contribution in [-0.2, 0) is 11.2 Å². The minimum Gasteiger partial charge on any atom is -0.497 e. The van der Waals surface area contributed by atoms with E-state index >= 15 is 0 Å². The maximum absolute atomic E-state index is 12.3. The van der Waals surface area contributed by atoms with Crippen molar-refractivity contribution in [1.82, 2.24) is 15.3 Å². The summed E-state index contributed by atoms with van der Waals surface area (Å²) in [5.74, 6) is 1.17. The number of rotatable bonds is 5. The monoisotopic (exact) mass is 342 g/mol. The molecule has 0 radical (unpaired) electrons. The predicted octanol–water partition coefficient (Wildman–Crippen LogP) is 1.02. The Kier molecular flexibility index (Phi) is 5.02. The molecule has 0 bridgehead atoms. The van der Waals surface area contributed by atoms with E-state index in [4.69, 9.17) is 4.74 Å². The summed E-state index contributed by atoms with van der Waals surface area (Å²) in [5, 5.41) is 3.05. The molecular formula is C18H22N4O3. The molecule has 2 N–H and O–H groups in total. The number of benzene rings is 1. The Morgan fingerprint density at radius 1 is 1.48 bits per heavy atom. The molecule has 0 spiro atoms. The molecular weight excluding hydrogens is 320 g/mol. The van der Waals surface area contributed by atoms with Gasteiger partial charge in [-0.1, -0.05) is 6.07 Å². The average molecular weight is 342 g/mol. The van der Waals surface area contributed by atoms with Crippen LogP contribution in [0.3, 0.4) is 0 Å². The third-order valence-corrected chi connectivity index (χ3v) is 4.44. The van der Waals surface area contributed by atoms with Crippen molar-refractivity contribution in [2.45, 2.75) is 25.8 Å². The van der Waals surface area contributed by atoms with E-state index in [2.05, 4.69) is 15.3 Å². The molecule has 1 aromatic carbocycles. The predicted molar refractivity (Wildman–Crippen MR) is 95.1 cm³/mol. The number of methoxy groups -OCH3 is 1. The summed E-state index contributed by atoms with van der Waals surface area (Å²) in [4.78, 5) is 32.8. The second-order valence-electron chi connectivity index (χ2n) is 6.21. The number of hydrogen-bond donors (Lipinski definition) is 2. The van der Waals surface area contributed by atoms with Gasteiger partial charge in [0.15, 0.2) is 5.82 Å². The highest BCUT2D eigenvalue weighted by molar-refractivity contribution is 5.79. The van der Waals surface area contributed by atoms with Crippen LogP contribution in [0.1, 0.15) is 17.5 Å². The van der Waals surface area contributed by atoms with Gasteiger partial charge in [-0.15, -0.1) is 0 Å². The molecule has 7 heteroatoms. The number of ether oxygens (including phenoxy) is 1. The highest BCUT2D eigenvalue weighted by Crippen LogP contribution is 2.18. The fourth-order valence-electron chi connectivity index (χ4n) is 3.09. The van der Waals surface area contributed by atoms with Crippen LogP contribution in [0.4, 0.5) is 5.82 Å². The molecule has 1 unspecified atom stereocenters. The quantitative estimate of drug-likeness (QED) is 0.847. The van der Waals surface area contributed by atoms with Gasteiger partial charge in [-0.3, -0.25) is 9.59 Å². The number of aromatic amines is 1. The largest absolute Gasteiger partial charge is 0.497 e. The van der Waals surface area contributed by atoms with E-state index in [1.54, 1.807) is 13.3 Å². The van der Waals surface area contributed by atoms with Gasteiger partial charge in [-0.05, 0) is 36.6 Å². The topological polar surface area (TPSA) is 87.3 Å². The summed E-state index contributed by atoms with van der Waals surface area (Å²) in [6.07, 6.45) is 4.20. The number of aryl methyl sites for hydroxylation is 1. The van der Waals surface area contributed by atoms with E-state index < -0.39 is 0 Å². The standard InChI is InChI=1S/C18H22N4O3/c1-12-9-15(25-2)4-3-13(12)10-16(23)21-14-5-8-22(11-14)17-18(24)20-7-6-19-17/h3-4,6-7,9,14H,5,8,10-11H2,1-2H3,(H,20,24)(H,21,23). The maximum Gasteiger partial charge on any atom is 0.290 e. The minimum absolute atomic E-state index is 0.0185. The first-order chi connectivity index (χ1) is 12.1. The number of nitrogens with zero attached hydrogens (tertiary/aromatic N) is 2. The molecule has 3 rings (SSSR count). The SMILES string of the molecule is COc1ccc(CC(=O)NC2CCN(c3ncc[nH]c3=O)C2)c(C)c1. The van der Waals surface area contributed by atoms with Gasteiger partial charge in [0.05, 0.1) is 13.5 Å². The van der Waals surface area contributed by atoms with Gasteiger partial charge >= 0.3 is 0 Å². The Morgan fingerprint density at radius 2 is 2.32 bits per heavy atom. The van der Waals surface area contributed by atoms with E-state index in [1.807, 2.05) is 30.0 Å². The van der Waals surface area contributed by atoms with Crippen LogP contribution < -0.4 is 20.5 Å². The average Bonchev–Trinajstić information content (AvgIpc) is 3.05. The lowest BCUT2D eigenvalue weighted by molar-refractivity contribution is -0.121. The molecule has 25 heavy (non-hydrogen) atoms. The molecule has 2 aromatic rings. The van der Waals surface area contributed by atoms with Crippen LogP contribution in [0.25, 0.3) is 0 Å². The van der Waals surface area contributed by atoms with Crippen LogP contribution in [0, 0.1) is 6.92 Å². The van der Waals surface area contributed by atoms with E-state index in [1.165, 1.54) is 6.20 Å². The van der Waals surface area contributed by atoms with E-state index in [-0.39, 0.29) is 17.5 Å². The molecule has 1 aromatic heterocycles. The molecule has 2 heterocycles. The lowest BCUT2D eigenvalue weighted by atomic mass is 10.0. The van der Waals surface area contributed by atoms with Gasteiger partial charge in [0.1, 0.15) is 5.75 Å². The van der Waals surface area contributed by atoms with Crippen LogP contribution >= 0.6 is 0 Å². The van der Waals surface area contributed by atoms with Gasteiger partial charge < -0.3 is 19.9 Å².